The number of rotatable bonds is 6. The molecular weight excluding hydrogens is 254 g/mol. The highest BCUT2D eigenvalue weighted by molar-refractivity contribution is 9.10. The van der Waals surface area contributed by atoms with Crippen LogP contribution in [0.4, 0.5) is 5.82 Å². The Morgan fingerprint density at radius 3 is 2.93 bits per heavy atom. The van der Waals surface area contributed by atoms with E-state index in [0.29, 0.717) is 5.92 Å². The van der Waals surface area contributed by atoms with Gasteiger partial charge in [0, 0.05) is 17.2 Å². The van der Waals surface area contributed by atoms with Gasteiger partial charge in [-0.3, -0.25) is 0 Å². The first-order valence-corrected chi connectivity index (χ1v) is 6.07. The van der Waals surface area contributed by atoms with Crippen molar-refractivity contribution >= 4 is 21.7 Å². The van der Waals surface area contributed by atoms with Crippen LogP contribution in [0, 0.1) is 5.92 Å². The largest absolute Gasteiger partial charge is 0.370 e. The van der Waals surface area contributed by atoms with Crippen molar-refractivity contribution in [2.45, 2.75) is 19.8 Å². The summed E-state index contributed by atoms with van der Waals surface area (Å²) in [6.45, 7) is 3.91. The van der Waals surface area contributed by atoms with Crippen molar-refractivity contribution in [3.63, 3.8) is 0 Å². The maximum absolute atomic E-state index is 5.54. The van der Waals surface area contributed by atoms with E-state index < -0.39 is 0 Å². The molecule has 84 valence electrons. The molecule has 0 fully saturated rings. The topological polar surface area (TPSA) is 50.9 Å². The number of nitrogens with one attached hydrogen (secondary N) is 1. The van der Waals surface area contributed by atoms with Crippen molar-refractivity contribution in [3.05, 3.63) is 22.8 Å². The van der Waals surface area contributed by atoms with Gasteiger partial charge in [-0.1, -0.05) is 6.92 Å². The first-order valence-electron chi connectivity index (χ1n) is 5.28. The maximum atomic E-state index is 5.54. The Kier molecular flexibility index (Phi) is 5.65. The minimum absolute atomic E-state index is 0.615. The van der Waals surface area contributed by atoms with Crippen LogP contribution in [0.1, 0.15) is 19.8 Å². The third-order valence-corrected chi connectivity index (χ3v) is 2.78. The molecule has 3 N–H and O–H groups in total. The molecule has 0 radical (unpaired) electrons. The Labute approximate surface area is 99.6 Å². The molecule has 1 aromatic rings. The van der Waals surface area contributed by atoms with Crippen LogP contribution >= 0.6 is 15.9 Å². The van der Waals surface area contributed by atoms with Gasteiger partial charge in [-0.25, -0.2) is 4.98 Å². The summed E-state index contributed by atoms with van der Waals surface area (Å²) in [6, 6.07) is 3.95. The van der Waals surface area contributed by atoms with Crippen molar-refractivity contribution in [1.82, 2.24) is 4.98 Å². The van der Waals surface area contributed by atoms with Crippen LogP contribution in [0.25, 0.3) is 0 Å². The molecule has 15 heavy (non-hydrogen) atoms. The molecule has 0 aromatic carbocycles. The Morgan fingerprint density at radius 2 is 2.33 bits per heavy atom. The van der Waals surface area contributed by atoms with E-state index >= 15 is 0 Å². The fourth-order valence-electron chi connectivity index (χ4n) is 1.27. The van der Waals surface area contributed by atoms with Gasteiger partial charge < -0.3 is 11.1 Å². The van der Waals surface area contributed by atoms with Gasteiger partial charge in [0.05, 0.1) is 0 Å². The van der Waals surface area contributed by atoms with Gasteiger partial charge in [-0.05, 0) is 53.4 Å². The Hall–Kier alpha value is -0.610. The lowest BCUT2D eigenvalue weighted by Crippen LogP contribution is -2.12. The highest BCUT2D eigenvalue weighted by Gasteiger charge is 1.98. The number of nitrogens with zero attached hydrogens (tertiary/aromatic N) is 1. The van der Waals surface area contributed by atoms with Crippen molar-refractivity contribution in [3.8, 4) is 0 Å². The summed E-state index contributed by atoms with van der Waals surface area (Å²) in [5.74, 6) is 1.54. The normalized spacial score (nSPS) is 12.5. The third kappa shape index (κ3) is 5.14. The van der Waals surface area contributed by atoms with E-state index in [0.717, 1.165) is 29.8 Å². The smallest absolute Gasteiger partial charge is 0.125 e. The summed E-state index contributed by atoms with van der Waals surface area (Å²) in [5.41, 5.74) is 5.54. The zero-order chi connectivity index (χ0) is 11.1. The van der Waals surface area contributed by atoms with Gasteiger partial charge in [0.2, 0.25) is 0 Å². The minimum Gasteiger partial charge on any atom is -0.370 e. The van der Waals surface area contributed by atoms with Gasteiger partial charge in [0.25, 0.3) is 0 Å². The molecule has 1 unspecified atom stereocenters. The van der Waals surface area contributed by atoms with Gasteiger partial charge in [-0.15, -0.1) is 0 Å². The number of nitrogens with two attached hydrogens (primary N) is 1. The van der Waals surface area contributed by atoms with E-state index in [9.17, 15) is 0 Å². The average Bonchev–Trinajstić information content (AvgIpc) is 2.26. The zero-order valence-electron chi connectivity index (χ0n) is 9.04. The fourth-order valence-corrected chi connectivity index (χ4v) is 1.50. The second-order valence-corrected chi connectivity index (χ2v) is 4.69. The molecule has 0 aliphatic rings. The summed E-state index contributed by atoms with van der Waals surface area (Å²) in [5, 5.41) is 3.28. The molecular formula is C11H18BrN3. The first kappa shape index (κ1) is 12.5. The molecule has 0 amide bonds. The summed E-state index contributed by atoms with van der Waals surface area (Å²) in [7, 11) is 0. The quantitative estimate of drug-likeness (QED) is 0.783. The van der Waals surface area contributed by atoms with Gasteiger partial charge in [0.1, 0.15) is 5.82 Å². The van der Waals surface area contributed by atoms with Gasteiger partial charge >= 0.3 is 0 Å². The van der Waals surface area contributed by atoms with E-state index in [1.165, 1.54) is 6.42 Å². The Morgan fingerprint density at radius 1 is 1.53 bits per heavy atom. The number of hydrogen-bond acceptors (Lipinski definition) is 3. The lowest BCUT2D eigenvalue weighted by Gasteiger charge is -2.09. The van der Waals surface area contributed by atoms with Crippen LogP contribution in [0.2, 0.25) is 0 Å². The summed E-state index contributed by atoms with van der Waals surface area (Å²) in [4.78, 5) is 4.23. The molecule has 1 aromatic heterocycles. The van der Waals surface area contributed by atoms with Crippen molar-refractivity contribution in [2.24, 2.45) is 11.7 Å². The lowest BCUT2D eigenvalue weighted by molar-refractivity contribution is 0.529. The number of pyridine rings is 1. The molecule has 0 aliphatic carbocycles. The Bertz CT molecular complexity index is 274. The highest BCUT2D eigenvalue weighted by atomic mass is 79.9. The van der Waals surface area contributed by atoms with Crippen molar-refractivity contribution < 1.29 is 0 Å². The molecule has 1 atom stereocenters. The molecule has 4 heteroatoms. The standard InChI is InChI=1S/C11H18BrN3/c1-9(7-13)3-2-6-14-11-5-4-10(12)8-15-11/h4-5,8-9H,2-3,6-7,13H2,1H3,(H,14,15). The van der Waals surface area contributed by atoms with Crippen LogP contribution in [-0.4, -0.2) is 18.1 Å². The van der Waals surface area contributed by atoms with Crippen LogP contribution in [0.3, 0.4) is 0 Å². The molecule has 1 rings (SSSR count). The van der Waals surface area contributed by atoms with E-state index in [2.05, 4.69) is 33.2 Å². The molecule has 0 spiro atoms. The van der Waals surface area contributed by atoms with Gasteiger partial charge in [-0.2, -0.15) is 0 Å². The molecule has 0 aliphatic heterocycles. The van der Waals surface area contributed by atoms with Crippen LogP contribution in [0.5, 0.6) is 0 Å². The number of halogens is 1. The summed E-state index contributed by atoms with van der Waals surface area (Å²) >= 11 is 3.35. The van der Waals surface area contributed by atoms with Gasteiger partial charge in [0.15, 0.2) is 0 Å². The number of aromatic nitrogens is 1. The maximum Gasteiger partial charge on any atom is 0.125 e. The molecule has 0 saturated carbocycles. The monoisotopic (exact) mass is 271 g/mol. The second kappa shape index (κ2) is 6.80. The fraction of sp³-hybridized carbons (Fsp3) is 0.545. The molecule has 1 heterocycles. The first-order chi connectivity index (χ1) is 7.22. The van der Waals surface area contributed by atoms with E-state index in [4.69, 9.17) is 5.73 Å². The summed E-state index contributed by atoms with van der Waals surface area (Å²) in [6.07, 6.45) is 4.10. The van der Waals surface area contributed by atoms with Crippen LogP contribution in [0.15, 0.2) is 22.8 Å². The molecule has 3 nitrogen and oxygen atoms in total. The van der Waals surface area contributed by atoms with E-state index in [-0.39, 0.29) is 0 Å². The van der Waals surface area contributed by atoms with E-state index in [1.807, 2.05) is 12.1 Å². The highest BCUT2D eigenvalue weighted by Crippen LogP contribution is 2.10. The average molecular weight is 272 g/mol. The predicted octanol–water partition coefficient (Wildman–Crippen LogP) is 2.63. The Balaban J connectivity index is 2.17. The second-order valence-electron chi connectivity index (χ2n) is 3.77. The molecule has 0 bridgehead atoms. The third-order valence-electron chi connectivity index (χ3n) is 2.31. The zero-order valence-corrected chi connectivity index (χ0v) is 10.6. The van der Waals surface area contributed by atoms with Crippen LogP contribution < -0.4 is 11.1 Å². The number of hydrogen-bond donors (Lipinski definition) is 2. The predicted molar refractivity (Wildman–Crippen MR) is 67.9 cm³/mol. The minimum atomic E-state index is 0.615. The SMILES string of the molecule is CC(CN)CCCNc1ccc(Br)cn1. The lowest BCUT2D eigenvalue weighted by atomic mass is 10.1. The van der Waals surface area contributed by atoms with Crippen molar-refractivity contribution in [1.29, 1.82) is 0 Å². The summed E-state index contributed by atoms with van der Waals surface area (Å²) < 4.78 is 1.00. The molecule has 0 saturated heterocycles. The van der Waals surface area contributed by atoms with Crippen LogP contribution in [-0.2, 0) is 0 Å². The number of anilines is 1. The van der Waals surface area contributed by atoms with E-state index in [1.54, 1.807) is 6.20 Å². The van der Waals surface area contributed by atoms with Crippen molar-refractivity contribution in [2.75, 3.05) is 18.4 Å².